The molecule has 32 heavy (non-hydrogen) atoms. The lowest BCUT2D eigenvalue weighted by molar-refractivity contribution is -0.115. The Hall–Kier alpha value is -2.89. The number of rotatable bonds is 6. The van der Waals surface area contributed by atoms with Crippen LogP contribution >= 0.6 is 23.1 Å². The Morgan fingerprint density at radius 1 is 1.38 bits per heavy atom. The molecule has 164 valence electrons. The number of carbonyl (C=O) groups excluding carboxylic acids is 1. The molecule has 0 aliphatic heterocycles. The van der Waals surface area contributed by atoms with Crippen LogP contribution in [0.2, 0.25) is 0 Å². The van der Waals surface area contributed by atoms with Crippen LogP contribution in [0.15, 0.2) is 46.9 Å². The minimum atomic E-state index is -0.507. The zero-order valence-electron chi connectivity index (χ0n) is 17.9. The van der Waals surface area contributed by atoms with Crippen LogP contribution in [0.1, 0.15) is 42.2 Å². The third-order valence-corrected chi connectivity index (χ3v) is 7.86. The molecule has 1 aliphatic carbocycles. The average Bonchev–Trinajstić information content (AvgIpc) is 2.95. The average molecular weight is 465 g/mol. The summed E-state index contributed by atoms with van der Waals surface area (Å²) in [6.45, 7) is 5.83. The first kappa shape index (κ1) is 22.3. The zero-order chi connectivity index (χ0) is 22.7. The Balaban J connectivity index is 1.59. The number of aryl methyl sites for hydroxylation is 1. The van der Waals surface area contributed by atoms with E-state index in [9.17, 15) is 14.9 Å². The molecule has 0 spiro atoms. The van der Waals surface area contributed by atoms with E-state index < -0.39 is 5.25 Å². The van der Waals surface area contributed by atoms with E-state index in [1.807, 2.05) is 12.1 Å². The quantitative estimate of drug-likeness (QED) is 0.243. The van der Waals surface area contributed by atoms with Gasteiger partial charge in [-0.2, -0.15) is 5.26 Å². The molecule has 0 radical (unpaired) electrons. The molecule has 0 saturated carbocycles. The minimum Gasteiger partial charge on any atom is -0.316 e. The molecule has 3 aromatic rings. The highest BCUT2D eigenvalue weighted by Gasteiger charge is 2.24. The zero-order valence-corrected chi connectivity index (χ0v) is 19.5. The number of carbonyl (C=O) groups is 1. The number of aromatic nitrogens is 2. The number of thioether (sulfide) groups is 1. The van der Waals surface area contributed by atoms with E-state index in [1.54, 1.807) is 25.1 Å². The van der Waals surface area contributed by atoms with Crippen molar-refractivity contribution in [1.29, 1.82) is 5.26 Å². The standard InChI is InChI=1S/C24H24N4O2S2/c1-3-13-28-23(30)17-10-7-8-11-19(17)26-24(28)31-15(2)21(29)27-22-18(14-25)16-9-5-4-6-12-20(16)32-22/h3,7-8,10-11,15H,1,4-6,9,12-13H2,2H3,(H,27,29). The Morgan fingerprint density at radius 3 is 2.94 bits per heavy atom. The van der Waals surface area contributed by atoms with E-state index >= 15 is 0 Å². The van der Waals surface area contributed by atoms with Gasteiger partial charge in [-0.25, -0.2) is 4.98 Å². The molecular weight excluding hydrogens is 440 g/mol. The second-order valence-corrected chi connectivity index (χ2v) is 10.2. The lowest BCUT2D eigenvalue weighted by atomic mass is 10.1. The van der Waals surface area contributed by atoms with E-state index in [0.29, 0.717) is 33.2 Å². The monoisotopic (exact) mass is 464 g/mol. The molecule has 1 aromatic carbocycles. The molecule has 2 aromatic heterocycles. The second-order valence-electron chi connectivity index (χ2n) is 7.75. The summed E-state index contributed by atoms with van der Waals surface area (Å²) in [6, 6.07) is 9.48. The number of hydrogen-bond acceptors (Lipinski definition) is 6. The first-order chi connectivity index (χ1) is 15.5. The Labute approximate surface area is 195 Å². The summed E-state index contributed by atoms with van der Waals surface area (Å²) < 4.78 is 1.54. The van der Waals surface area contributed by atoms with Gasteiger partial charge in [0.1, 0.15) is 11.1 Å². The molecule has 1 amide bonds. The fourth-order valence-corrected chi connectivity index (χ4v) is 6.06. The van der Waals surface area contributed by atoms with E-state index in [-0.39, 0.29) is 11.5 Å². The number of para-hydroxylation sites is 1. The van der Waals surface area contributed by atoms with E-state index in [2.05, 4.69) is 22.9 Å². The summed E-state index contributed by atoms with van der Waals surface area (Å²) >= 11 is 2.75. The van der Waals surface area contributed by atoms with E-state index in [0.717, 1.165) is 31.2 Å². The van der Waals surface area contributed by atoms with Gasteiger partial charge in [-0.3, -0.25) is 14.2 Å². The SMILES string of the molecule is C=CCn1c(SC(C)C(=O)Nc2sc3c(c2C#N)CCCCC3)nc2ccccc2c1=O. The third kappa shape index (κ3) is 4.36. The molecule has 4 rings (SSSR count). The van der Waals surface area contributed by atoms with Crippen LogP contribution in [0.5, 0.6) is 0 Å². The number of benzene rings is 1. The highest BCUT2D eigenvalue weighted by Crippen LogP contribution is 2.37. The molecule has 6 nitrogen and oxygen atoms in total. The molecular formula is C24H24N4O2S2. The molecule has 1 N–H and O–H groups in total. The maximum Gasteiger partial charge on any atom is 0.262 e. The van der Waals surface area contributed by atoms with Crippen molar-refractivity contribution in [3.8, 4) is 6.07 Å². The molecule has 0 saturated heterocycles. The van der Waals surface area contributed by atoms with Crippen molar-refractivity contribution < 1.29 is 4.79 Å². The van der Waals surface area contributed by atoms with Gasteiger partial charge in [0.05, 0.1) is 21.7 Å². The first-order valence-electron chi connectivity index (χ1n) is 10.7. The van der Waals surface area contributed by atoms with Crippen molar-refractivity contribution >= 4 is 44.9 Å². The van der Waals surface area contributed by atoms with Gasteiger partial charge in [0.15, 0.2) is 5.16 Å². The predicted molar refractivity (Wildman–Crippen MR) is 130 cm³/mol. The van der Waals surface area contributed by atoms with Crippen molar-refractivity contribution in [2.24, 2.45) is 0 Å². The lowest BCUT2D eigenvalue weighted by Crippen LogP contribution is -2.26. The summed E-state index contributed by atoms with van der Waals surface area (Å²) in [7, 11) is 0. The molecule has 0 fully saturated rings. The van der Waals surface area contributed by atoms with E-state index in [1.165, 1.54) is 39.0 Å². The van der Waals surface area contributed by atoms with Gasteiger partial charge < -0.3 is 5.32 Å². The number of thiophene rings is 1. The van der Waals surface area contributed by atoms with Gasteiger partial charge in [-0.05, 0) is 50.3 Å². The highest BCUT2D eigenvalue weighted by molar-refractivity contribution is 8.00. The van der Waals surface area contributed by atoms with Crippen molar-refractivity contribution in [1.82, 2.24) is 9.55 Å². The van der Waals surface area contributed by atoms with Gasteiger partial charge in [-0.1, -0.05) is 36.4 Å². The van der Waals surface area contributed by atoms with Crippen LogP contribution in [0.4, 0.5) is 5.00 Å². The number of nitriles is 1. The van der Waals surface area contributed by atoms with Crippen molar-refractivity contribution in [2.75, 3.05) is 5.32 Å². The van der Waals surface area contributed by atoms with Crippen LogP contribution in [-0.4, -0.2) is 20.7 Å². The largest absolute Gasteiger partial charge is 0.316 e. The fourth-order valence-electron chi connectivity index (χ4n) is 3.90. The number of nitrogens with zero attached hydrogens (tertiary/aromatic N) is 3. The summed E-state index contributed by atoms with van der Waals surface area (Å²) in [6.07, 6.45) is 6.86. The smallest absolute Gasteiger partial charge is 0.262 e. The van der Waals surface area contributed by atoms with Gasteiger partial charge in [0, 0.05) is 11.4 Å². The number of nitrogens with one attached hydrogen (secondary N) is 1. The normalized spacial score (nSPS) is 14.2. The maximum atomic E-state index is 13.0. The highest BCUT2D eigenvalue weighted by atomic mass is 32.2. The van der Waals surface area contributed by atoms with Crippen LogP contribution in [0.3, 0.4) is 0 Å². The Kier molecular flexibility index (Phi) is 6.77. The number of fused-ring (bicyclic) bond motifs is 2. The van der Waals surface area contributed by atoms with Crippen LogP contribution < -0.4 is 10.9 Å². The number of anilines is 1. The van der Waals surface area contributed by atoms with Crippen molar-refractivity contribution in [3.05, 3.63) is 63.3 Å². The van der Waals surface area contributed by atoms with Gasteiger partial charge in [-0.15, -0.1) is 17.9 Å². The molecule has 2 heterocycles. The minimum absolute atomic E-state index is 0.153. The van der Waals surface area contributed by atoms with Gasteiger partial charge in [0.2, 0.25) is 5.91 Å². The fraction of sp³-hybridized carbons (Fsp3) is 0.333. The summed E-state index contributed by atoms with van der Waals surface area (Å²) in [4.78, 5) is 31.8. The van der Waals surface area contributed by atoms with Crippen LogP contribution in [-0.2, 0) is 24.2 Å². The van der Waals surface area contributed by atoms with Crippen LogP contribution in [0.25, 0.3) is 10.9 Å². The van der Waals surface area contributed by atoms with E-state index in [4.69, 9.17) is 0 Å². The number of amides is 1. The number of hydrogen-bond donors (Lipinski definition) is 1. The Morgan fingerprint density at radius 2 is 2.16 bits per heavy atom. The van der Waals surface area contributed by atoms with Crippen molar-refractivity contribution in [2.45, 2.75) is 56.0 Å². The topological polar surface area (TPSA) is 87.8 Å². The molecule has 1 unspecified atom stereocenters. The maximum absolute atomic E-state index is 13.0. The van der Waals surface area contributed by atoms with Crippen molar-refractivity contribution in [3.63, 3.8) is 0 Å². The molecule has 0 bridgehead atoms. The molecule has 1 aliphatic rings. The lowest BCUT2D eigenvalue weighted by Gasteiger charge is -2.15. The predicted octanol–water partition coefficient (Wildman–Crippen LogP) is 4.90. The Bertz CT molecular complexity index is 1290. The first-order valence-corrected chi connectivity index (χ1v) is 12.4. The molecule has 1 atom stereocenters. The summed E-state index contributed by atoms with van der Waals surface area (Å²) in [5, 5.41) is 13.8. The summed E-state index contributed by atoms with van der Waals surface area (Å²) in [5.74, 6) is -0.213. The van der Waals surface area contributed by atoms with Gasteiger partial charge >= 0.3 is 0 Å². The van der Waals surface area contributed by atoms with Gasteiger partial charge in [0.25, 0.3) is 5.56 Å². The third-order valence-electron chi connectivity index (χ3n) is 5.56. The van der Waals surface area contributed by atoms with Crippen LogP contribution in [0, 0.1) is 11.3 Å². The molecule has 8 heteroatoms. The second kappa shape index (κ2) is 9.72. The summed E-state index contributed by atoms with van der Waals surface area (Å²) in [5.41, 5.74) is 2.15. The number of allylic oxidation sites excluding steroid dienone is 1.